The molecule has 0 unspecified atom stereocenters. The number of aromatic amines is 1. The van der Waals surface area contributed by atoms with Gasteiger partial charge in [0.1, 0.15) is 5.75 Å². The van der Waals surface area contributed by atoms with Crippen molar-refractivity contribution in [2.75, 3.05) is 13.7 Å². The number of nitrogens with one attached hydrogen (secondary N) is 1. The molecule has 158 valence electrons. The summed E-state index contributed by atoms with van der Waals surface area (Å²) in [7, 11) is 1.73. The summed E-state index contributed by atoms with van der Waals surface area (Å²) < 4.78 is 6.58. The highest BCUT2D eigenvalue weighted by Crippen LogP contribution is 2.32. The minimum Gasteiger partial charge on any atom is -0.619 e. The lowest BCUT2D eigenvalue weighted by Crippen LogP contribution is -2.32. The number of nitrogens with zero attached hydrogens (tertiary/aromatic N) is 3. The minimum absolute atomic E-state index is 0.165. The van der Waals surface area contributed by atoms with Crippen molar-refractivity contribution < 1.29 is 14.3 Å². The molecule has 0 aliphatic heterocycles. The van der Waals surface area contributed by atoms with Crippen LogP contribution in [0.1, 0.15) is 35.8 Å². The summed E-state index contributed by atoms with van der Waals surface area (Å²) in [5.41, 5.74) is 3.92. The number of fused-ring (bicyclic) bond motifs is 1. The lowest BCUT2D eigenvalue weighted by Gasteiger charge is -2.25. The normalized spacial score (nSPS) is 12.0. The summed E-state index contributed by atoms with van der Waals surface area (Å²) >= 11 is 0. The predicted molar refractivity (Wildman–Crippen MR) is 119 cm³/mol. The number of carbonyl (C=O) groups excluding carboxylic acids is 1. The molecular formula is C24H24N4O3. The predicted octanol–water partition coefficient (Wildman–Crippen LogP) is 4.10. The molecule has 4 rings (SSSR count). The summed E-state index contributed by atoms with van der Waals surface area (Å²) in [6.45, 7) is 4.30. The van der Waals surface area contributed by atoms with E-state index in [1.807, 2.05) is 50.2 Å². The Bertz CT molecular complexity index is 1220. The molecule has 0 spiro atoms. The zero-order chi connectivity index (χ0) is 22.0. The first-order valence-electron chi connectivity index (χ1n) is 10.1. The topological polar surface area (TPSA) is 85.2 Å². The van der Waals surface area contributed by atoms with Gasteiger partial charge in [0.05, 0.1) is 35.3 Å². The first-order chi connectivity index (χ1) is 15.0. The Kier molecular flexibility index (Phi) is 5.58. The van der Waals surface area contributed by atoms with Gasteiger partial charge in [0, 0.05) is 18.2 Å². The third-order valence-corrected chi connectivity index (χ3v) is 5.45. The van der Waals surface area contributed by atoms with Crippen LogP contribution in [0.5, 0.6) is 5.75 Å². The first kappa shape index (κ1) is 20.4. The van der Waals surface area contributed by atoms with Crippen LogP contribution >= 0.6 is 0 Å². The molecule has 2 aromatic carbocycles. The van der Waals surface area contributed by atoms with Gasteiger partial charge in [0.2, 0.25) is 0 Å². The first-order valence-corrected chi connectivity index (χ1v) is 10.1. The number of benzene rings is 2. The van der Waals surface area contributed by atoms with Gasteiger partial charge in [0.25, 0.3) is 5.91 Å². The van der Waals surface area contributed by atoms with Gasteiger partial charge in [-0.3, -0.25) is 9.89 Å². The van der Waals surface area contributed by atoms with E-state index < -0.39 is 0 Å². The molecule has 0 saturated heterocycles. The van der Waals surface area contributed by atoms with Crippen LogP contribution in [0.2, 0.25) is 0 Å². The molecule has 2 aromatic heterocycles. The number of pyridine rings is 1. The second kappa shape index (κ2) is 8.47. The second-order valence-electron chi connectivity index (χ2n) is 7.38. The van der Waals surface area contributed by atoms with E-state index in [1.165, 1.54) is 12.4 Å². The number of H-pyrrole nitrogens is 1. The van der Waals surface area contributed by atoms with Crippen LogP contribution in [0.15, 0.2) is 67.1 Å². The van der Waals surface area contributed by atoms with Gasteiger partial charge in [-0.15, -0.1) is 0 Å². The van der Waals surface area contributed by atoms with Crippen molar-refractivity contribution in [2.45, 2.75) is 19.9 Å². The summed E-state index contributed by atoms with van der Waals surface area (Å²) in [6, 6.07) is 15.1. The molecule has 0 aliphatic rings. The van der Waals surface area contributed by atoms with Gasteiger partial charge in [-0.05, 0) is 37.6 Å². The molecule has 1 amide bonds. The fraction of sp³-hybridized carbons (Fsp3) is 0.208. The van der Waals surface area contributed by atoms with Gasteiger partial charge >= 0.3 is 0 Å². The average Bonchev–Trinajstić information content (AvgIpc) is 3.26. The largest absolute Gasteiger partial charge is 0.619 e. The Labute approximate surface area is 180 Å². The number of hydrogen-bond acceptors (Lipinski definition) is 4. The molecule has 0 aliphatic carbocycles. The molecule has 4 aromatic rings. The van der Waals surface area contributed by atoms with Gasteiger partial charge in [0.15, 0.2) is 12.4 Å². The van der Waals surface area contributed by atoms with Crippen molar-refractivity contribution in [3.05, 3.63) is 83.5 Å². The van der Waals surface area contributed by atoms with E-state index in [9.17, 15) is 10.0 Å². The maximum atomic E-state index is 13.3. The lowest BCUT2D eigenvalue weighted by molar-refractivity contribution is -0.604. The molecule has 7 heteroatoms. The van der Waals surface area contributed by atoms with Gasteiger partial charge < -0.3 is 14.8 Å². The van der Waals surface area contributed by atoms with Crippen LogP contribution in [0.25, 0.3) is 22.0 Å². The summed E-state index contributed by atoms with van der Waals surface area (Å²) in [4.78, 5) is 14.9. The quantitative estimate of drug-likeness (QED) is 0.379. The Balaban J connectivity index is 1.67. The van der Waals surface area contributed by atoms with E-state index in [0.717, 1.165) is 21.4 Å². The van der Waals surface area contributed by atoms with Crippen LogP contribution in [0, 0.1) is 5.21 Å². The molecule has 1 atom stereocenters. The lowest BCUT2D eigenvalue weighted by atomic mass is 10.0. The van der Waals surface area contributed by atoms with Gasteiger partial charge in [-0.2, -0.15) is 9.83 Å². The van der Waals surface area contributed by atoms with Gasteiger partial charge in [-0.1, -0.05) is 30.3 Å². The van der Waals surface area contributed by atoms with E-state index in [1.54, 1.807) is 30.3 Å². The van der Waals surface area contributed by atoms with Crippen LogP contribution < -0.4 is 9.47 Å². The zero-order valence-electron chi connectivity index (χ0n) is 17.7. The molecule has 2 heterocycles. The van der Waals surface area contributed by atoms with Gasteiger partial charge in [-0.25, -0.2) is 0 Å². The summed E-state index contributed by atoms with van der Waals surface area (Å²) in [6.07, 6.45) is 4.52. The van der Waals surface area contributed by atoms with Crippen molar-refractivity contribution in [3.8, 4) is 16.9 Å². The third-order valence-electron chi connectivity index (χ3n) is 5.45. The Morgan fingerprint density at radius 2 is 2.00 bits per heavy atom. The maximum absolute atomic E-state index is 13.3. The molecule has 31 heavy (non-hydrogen) atoms. The highest BCUT2D eigenvalue weighted by molar-refractivity contribution is 5.96. The Hall–Kier alpha value is -3.87. The van der Waals surface area contributed by atoms with Crippen molar-refractivity contribution >= 4 is 16.8 Å². The number of aromatic nitrogens is 3. The van der Waals surface area contributed by atoms with E-state index >= 15 is 0 Å². The van der Waals surface area contributed by atoms with Crippen LogP contribution in [0.4, 0.5) is 0 Å². The number of carbonyl (C=O) groups is 1. The Morgan fingerprint density at radius 3 is 2.74 bits per heavy atom. The molecule has 1 N–H and O–H groups in total. The summed E-state index contributed by atoms with van der Waals surface area (Å²) in [5.74, 6) is 0.496. The van der Waals surface area contributed by atoms with Crippen molar-refractivity contribution in [1.29, 1.82) is 0 Å². The monoisotopic (exact) mass is 416 g/mol. The van der Waals surface area contributed by atoms with Crippen LogP contribution in [0.3, 0.4) is 0 Å². The number of hydrogen-bond donors (Lipinski definition) is 1. The summed E-state index contributed by atoms with van der Waals surface area (Å²) in [5, 5.41) is 19.7. The fourth-order valence-corrected chi connectivity index (χ4v) is 3.69. The highest BCUT2D eigenvalue weighted by Gasteiger charge is 2.24. The molecule has 0 saturated carbocycles. The zero-order valence-corrected chi connectivity index (χ0v) is 17.7. The molecule has 0 radical (unpaired) electrons. The van der Waals surface area contributed by atoms with E-state index in [0.29, 0.717) is 28.9 Å². The molecule has 0 fully saturated rings. The van der Waals surface area contributed by atoms with Crippen molar-refractivity contribution in [3.63, 3.8) is 0 Å². The van der Waals surface area contributed by atoms with E-state index in [2.05, 4.69) is 10.2 Å². The van der Waals surface area contributed by atoms with E-state index in [4.69, 9.17) is 4.74 Å². The number of amides is 1. The average molecular weight is 416 g/mol. The Morgan fingerprint density at radius 1 is 1.23 bits per heavy atom. The smallest absolute Gasteiger partial charge is 0.254 e. The number of rotatable bonds is 6. The van der Waals surface area contributed by atoms with Crippen molar-refractivity contribution in [2.24, 2.45) is 0 Å². The fourth-order valence-electron chi connectivity index (χ4n) is 3.69. The van der Waals surface area contributed by atoms with Crippen LogP contribution in [-0.4, -0.2) is 34.7 Å². The molecule has 7 nitrogen and oxygen atoms in total. The standard InChI is InChI=1S/C24H24N4O3/c1-4-31-22-12-18(10-11-20(22)17-8-6-5-7-9-17)24(29)27(3)16(2)21-15-28(30)14-19-13-25-26-23(19)21/h5-16H,4H2,1-3H3,(H,25,26)/t16-/m1/s1. The SMILES string of the molecule is CCOc1cc(C(=O)N(C)[C@H](C)c2c[n+]([O-])cc3cn[nH]c23)ccc1-c1ccccc1. The molecule has 0 bridgehead atoms. The maximum Gasteiger partial charge on any atom is 0.254 e. The highest BCUT2D eigenvalue weighted by atomic mass is 16.5. The molecular weight excluding hydrogens is 392 g/mol. The number of ether oxygens (including phenoxy) is 1. The van der Waals surface area contributed by atoms with Crippen molar-refractivity contribution in [1.82, 2.24) is 15.1 Å². The minimum atomic E-state index is -0.346. The second-order valence-corrected chi connectivity index (χ2v) is 7.38. The van der Waals surface area contributed by atoms with E-state index in [-0.39, 0.29) is 11.9 Å². The van der Waals surface area contributed by atoms with Crippen LogP contribution in [-0.2, 0) is 0 Å². The third kappa shape index (κ3) is 3.94.